The molecule has 2 aromatic rings. The summed E-state index contributed by atoms with van der Waals surface area (Å²) in [4.78, 5) is 21.4. The number of benzene rings is 1. The molecule has 1 amide bonds. The van der Waals surface area contributed by atoms with Gasteiger partial charge < -0.3 is 9.73 Å². The van der Waals surface area contributed by atoms with Crippen molar-refractivity contribution in [1.82, 2.24) is 0 Å². The van der Waals surface area contributed by atoms with Gasteiger partial charge in [-0.15, -0.1) is 0 Å². The van der Waals surface area contributed by atoms with Crippen LogP contribution in [-0.2, 0) is 0 Å². The Morgan fingerprint density at radius 2 is 2.16 bits per heavy atom. The van der Waals surface area contributed by atoms with Crippen LogP contribution in [0.5, 0.6) is 0 Å². The standard InChI is InChI=1S/C11H6ClFN2O4/c12-10-7(3-4-19-10)11(16)14-9-2-1-6(15(17)18)5-8(9)13/h1-5H,(H,14,16). The molecule has 98 valence electrons. The number of carbonyl (C=O) groups excluding carboxylic acids is 1. The molecule has 8 heteroatoms. The van der Waals surface area contributed by atoms with Gasteiger partial charge in [-0.3, -0.25) is 14.9 Å². The van der Waals surface area contributed by atoms with E-state index in [1.54, 1.807) is 0 Å². The summed E-state index contributed by atoms with van der Waals surface area (Å²) in [7, 11) is 0. The first kappa shape index (κ1) is 13.0. The van der Waals surface area contributed by atoms with Crippen LogP contribution in [0.2, 0.25) is 5.22 Å². The quantitative estimate of drug-likeness (QED) is 0.692. The summed E-state index contributed by atoms with van der Waals surface area (Å²) in [6, 6.07) is 4.21. The second-order valence-corrected chi connectivity index (χ2v) is 3.83. The zero-order valence-corrected chi connectivity index (χ0v) is 9.98. The minimum atomic E-state index is -0.915. The molecule has 0 fully saturated rings. The fourth-order valence-corrected chi connectivity index (χ4v) is 1.56. The number of hydrogen-bond acceptors (Lipinski definition) is 4. The fraction of sp³-hybridized carbons (Fsp3) is 0. The first-order valence-electron chi connectivity index (χ1n) is 4.97. The molecule has 1 aromatic carbocycles. The highest BCUT2D eigenvalue weighted by Crippen LogP contribution is 2.23. The summed E-state index contributed by atoms with van der Waals surface area (Å²) in [5.41, 5.74) is -0.552. The maximum Gasteiger partial charge on any atom is 0.272 e. The Morgan fingerprint density at radius 3 is 2.68 bits per heavy atom. The highest BCUT2D eigenvalue weighted by atomic mass is 35.5. The van der Waals surface area contributed by atoms with Crippen LogP contribution in [0.1, 0.15) is 10.4 Å². The summed E-state index contributed by atoms with van der Waals surface area (Å²) in [5, 5.41) is 12.6. The van der Waals surface area contributed by atoms with Crippen LogP contribution in [0, 0.1) is 15.9 Å². The summed E-state index contributed by atoms with van der Waals surface area (Å²) in [6.45, 7) is 0. The molecule has 6 nitrogen and oxygen atoms in total. The Morgan fingerprint density at radius 1 is 1.42 bits per heavy atom. The maximum atomic E-state index is 13.5. The van der Waals surface area contributed by atoms with E-state index in [0.717, 1.165) is 12.1 Å². The van der Waals surface area contributed by atoms with Gasteiger partial charge in [0.15, 0.2) is 5.82 Å². The highest BCUT2D eigenvalue weighted by Gasteiger charge is 2.16. The Labute approximate surface area is 110 Å². The lowest BCUT2D eigenvalue weighted by Crippen LogP contribution is -2.12. The molecule has 0 unspecified atom stereocenters. The molecule has 0 spiro atoms. The molecule has 1 heterocycles. The predicted molar refractivity (Wildman–Crippen MR) is 64.7 cm³/mol. The van der Waals surface area contributed by atoms with E-state index < -0.39 is 22.3 Å². The SMILES string of the molecule is O=C(Nc1ccc([N+](=O)[O-])cc1F)c1ccoc1Cl. The molecule has 0 saturated heterocycles. The first-order valence-corrected chi connectivity index (χ1v) is 5.35. The van der Waals surface area contributed by atoms with Crippen LogP contribution < -0.4 is 5.32 Å². The second kappa shape index (κ2) is 5.07. The van der Waals surface area contributed by atoms with E-state index in [4.69, 9.17) is 16.0 Å². The van der Waals surface area contributed by atoms with Crippen LogP contribution in [0.15, 0.2) is 34.9 Å². The Hall–Kier alpha value is -2.41. The van der Waals surface area contributed by atoms with Crippen LogP contribution >= 0.6 is 11.6 Å². The third-order valence-corrected chi connectivity index (χ3v) is 2.57. The molecule has 0 aliphatic rings. The number of rotatable bonds is 3. The number of nitro benzene ring substituents is 1. The molecule has 0 aliphatic carbocycles. The van der Waals surface area contributed by atoms with Gasteiger partial charge in [-0.05, 0) is 23.7 Å². The summed E-state index contributed by atoms with van der Waals surface area (Å²) in [6.07, 6.45) is 1.21. The van der Waals surface area contributed by atoms with E-state index in [-0.39, 0.29) is 16.5 Å². The van der Waals surface area contributed by atoms with Gasteiger partial charge in [-0.2, -0.15) is 0 Å². The lowest BCUT2D eigenvalue weighted by Gasteiger charge is -2.04. The second-order valence-electron chi connectivity index (χ2n) is 3.48. The third kappa shape index (κ3) is 2.71. The van der Waals surface area contributed by atoms with Gasteiger partial charge >= 0.3 is 0 Å². The highest BCUT2D eigenvalue weighted by molar-refractivity contribution is 6.32. The van der Waals surface area contributed by atoms with Crippen molar-refractivity contribution in [3.8, 4) is 0 Å². The summed E-state index contributed by atoms with van der Waals surface area (Å²) in [5.74, 6) is -1.59. The van der Waals surface area contributed by atoms with Crippen molar-refractivity contribution in [2.75, 3.05) is 5.32 Å². The number of halogens is 2. The monoisotopic (exact) mass is 284 g/mol. The van der Waals surface area contributed by atoms with Crippen LogP contribution in [-0.4, -0.2) is 10.8 Å². The van der Waals surface area contributed by atoms with Gasteiger partial charge in [0.2, 0.25) is 5.22 Å². The van der Waals surface area contributed by atoms with Crippen molar-refractivity contribution in [2.24, 2.45) is 0 Å². The van der Waals surface area contributed by atoms with Gasteiger partial charge in [0.1, 0.15) is 0 Å². The number of anilines is 1. The summed E-state index contributed by atoms with van der Waals surface area (Å²) < 4.78 is 18.3. The van der Waals surface area contributed by atoms with Crippen molar-refractivity contribution in [2.45, 2.75) is 0 Å². The van der Waals surface area contributed by atoms with E-state index in [1.165, 1.54) is 12.3 Å². The number of nitro groups is 1. The lowest BCUT2D eigenvalue weighted by molar-refractivity contribution is -0.385. The van der Waals surface area contributed by atoms with E-state index in [1.807, 2.05) is 0 Å². The van der Waals surface area contributed by atoms with Crippen molar-refractivity contribution >= 4 is 28.9 Å². The fourth-order valence-electron chi connectivity index (χ4n) is 1.36. The number of furan rings is 1. The molecular weight excluding hydrogens is 279 g/mol. The van der Waals surface area contributed by atoms with Gasteiger partial charge in [0, 0.05) is 6.07 Å². The Bertz CT molecular complexity index is 656. The number of nitrogens with zero attached hydrogens (tertiary/aromatic N) is 1. The zero-order chi connectivity index (χ0) is 14.0. The molecule has 0 radical (unpaired) electrons. The van der Waals surface area contributed by atoms with Crippen LogP contribution in [0.3, 0.4) is 0 Å². The molecule has 0 bridgehead atoms. The number of amides is 1. The number of non-ortho nitro benzene ring substituents is 1. The molecule has 0 aliphatic heterocycles. The Balaban J connectivity index is 2.23. The predicted octanol–water partition coefficient (Wildman–Crippen LogP) is 3.23. The normalized spacial score (nSPS) is 10.2. The molecule has 0 atom stereocenters. The van der Waals surface area contributed by atoms with Crippen molar-refractivity contribution in [1.29, 1.82) is 0 Å². The molecule has 1 aromatic heterocycles. The lowest BCUT2D eigenvalue weighted by atomic mass is 10.2. The molecular formula is C11H6ClFN2O4. The average Bonchev–Trinajstić information content (AvgIpc) is 2.77. The van der Waals surface area contributed by atoms with E-state index in [0.29, 0.717) is 6.07 Å². The molecule has 0 saturated carbocycles. The smallest absolute Gasteiger partial charge is 0.272 e. The summed E-state index contributed by atoms with van der Waals surface area (Å²) >= 11 is 5.60. The minimum Gasteiger partial charge on any atom is -0.452 e. The van der Waals surface area contributed by atoms with Crippen molar-refractivity contribution < 1.29 is 18.5 Å². The zero-order valence-electron chi connectivity index (χ0n) is 9.22. The average molecular weight is 285 g/mol. The van der Waals surface area contributed by atoms with E-state index in [2.05, 4.69) is 5.32 Å². The van der Waals surface area contributed by atoms with Gasteiger partial charge in [0.25, 0.3) is 11.6 Å². The first-order chi connectivity index (χ1) is 8.99. The molecule has 19 heavy (non-hydrogen) atoms. The molecule has 2 rings (SSSR count). The van der Waals surface area contributed by atoms with Gasteiger partial charge in [0.05, 0.1) is 28.5 Å². The molecule has 1 N–H and O–H groups in total. The van der Waals surface area contributed by atoms with E-state index >= 15 is 0 Å². The topological polar surface area (TPSA) is 85.4 Å². The van der Waals surface area contributed by atoms with Gasteiger partial charge in [-0.25, -0.2) is 4.39 Å². The Kier molecular flexibility index (Phi) is 3.48. The number of nitrogens with one attached hydrogen (secondary N) is 1. The number of carbonyl (C=O) groups is 1. The van der Waals surface area contributed by atoms with Gasteiger partial charge in [-0.1, -0.05) is 0 Å². The largest absolute Gasteiger partial charge is 0.452 e. The van der Waals surface area contributed by atoms with Crippen molar-refractivity contribution in [3.05, 3.63) is 57.2 Å². The van der Waals surface area contributed by atoms with Crippen LogP contribution in [0.4, 0.5) is 15.8 Å². The van der Waals surface area contributed by atoms with Crippen LogP contribution in [0.25, 0.3) is 0 Å². The maximum absolute atomic E-state index is 13.5. The number of hydrogen-bond donors (Lipinski definition) is 1. The van der Waals surface area contributed by atoms with Crippen molar-refractivity contribution in [3.63, 3.8) is 0 Å². The third-order valence-electron chi connectivity index (χ3n) is 2.27. The van der Waals surface area contributed by atoms with E-state index in [9.17, 15) is 19.3 Å². The minimum absolute atomic E-state index is 0.0411.